The van der Waals surface area contributed by atoms with Crippen molar-refractivity contribution in [1.29, 1.82) is 0 Å². The van der Waals surface area contributed by atoms with Crippen LogP contribution in [0.5, 0.6) is 0 Å². The molecular weight excluding hydrogens is 370 g/mol. The zero-order valence-corrected chi connectivity index (χ0v) is 17.3. The highest BCUT2D eigenvalue weighted by atomic mass is 35.5. The maximum atomic E-state index is 12.9. The van der Waals surface area contributed by atoms with Crippen molar-refractivity contribution in [3.8, 4) is 0 Å². The molecule has 1 aliphatic heterocycles. The van der Waals surface area contributed by atoms with Gasteiger partial charge in [0.25, 0.3) is 5.91 Å². The Morgan fingerprint density at radius 1 is 1.23 bits per heavy atom. The van der Waals surface area contributed by atoms with Crippen molar-refractivity contribution in [2.24, 2.45) is 11.7 Å². The Bertz CT molecular complexity index is 638. The number of piperidine rings is 1. The Hall–Kier alpha value is -1.11. The Morgan fingerprint density at radius 2 is 1.92 bits per heavy atom. The molecule has 0 bridgehead atoms. The number of likely N-dealkylation sites (tertiary alicyclic amines) is 1. The van der Waals surface area contributed by atoms with E-state index in [1.54, 1.807) is 0 Å². The van der Waals surface area contributed by atoms with Crippen molar-refractivity contribution in [1.82, 2.24) is 10.2 Å². The Balaban J connectivity index is 0.00000243. The van der Waals surface area contributed by atoms with Gasteiger partial charge < -0.3 is 16.0 Å². The lowest BCUT2D eigenvalue weighted by atomic mass is 9.74. The fraction of sp³-hybridized carbons (Fsp3) is 0.684. The molecule has 2 heterocycles. The maximum Gasteiger partial charge on any atom is 0.261 e. The zero-order valence-electron chi connectivity index (χ0n) is 15.6. The van der Waals surface area contributed by atoms with Crippen molar-refractivity contribution in [3.63, 3.8) is 0 Å². The molecule has 2 atom stereocenters. The lowest BCUT2D eigenvalue weighted by Gasteiger charge is -2.41. The highest BCUT2D eigenvalue weighted by Crippen LogP contribution is 2.33. The Morgan fingerprint density at radius 3 is 2.50 bits per heavy atom. The SMILES string of the molecule is Cc1ccc(C(=O)NC2CCN(C(=O)C3CCCCC3(C)N)CC2)s1.Cl. The van der Waals surface area contributed by atoms with Crippen molar-refractivity contribution in [3.05, 3.63) is 21.9 Å². The van der Waals surface area contributed by atoms with Gasteiger partial charge in [-0.1, -0.05) is 12.8 Å². The fourth-order valence-electron chi connectivity index (χ4n) is 4.04. The molecule has 3 N–H and O–H groups in total. The van der Waals surface area contributed by atoms with Crippen LogP contribution in [0, 0.1) is 12.8 Å². The van der Waals surface area contributed by atoms with Crippen LogP contribution in [0.15, 0.2) is 12.1 Å². The average Bonchev–Trinajstić information content (AvgIpc) is 3.01. The van der Waals surface area contributed by atoms with Crippen LogP contribution in [-0.2, 0) is 4.79 Å². The summed E-state index contributed by atoms with van der Waals surface area (Å²) >= 11 is 1.52. The second kappa shape index (κ2) is 8.72. The molecule has 1 saturated carbocycles. The highest BCUT2D eigenvalue weighted by Gasteiger charge is 2.40. The molecule has 0 aromatic carbocycles. The van der Waals surface area contributed by atoms with E-state index in [2.05, 4.69) is 5.32 Å². The summed E-state index contributed by atoms with van der Waals surface area (Å²) in [6.07, 6.45) is 5.67. The van der Waals surface area contributed by atoms with E-state index in [1.807, 2.05) is 30.9 Å². The third kappa shape index (κ3) is 4.78. The van der Waals surface area contributed by atoms with Crippen LogP contribution in [0.1, 0.15) is 60.0 Å². The highest BCUT2D eigenvalue weighted by molar-refractivity contribution is 7.13. The largest absolute Gasteiger partial charge is 0.348 e. The molecule has 5 nitrogen and oxygen atoms in total. The van der Waals surface area contributed by atoms with E-state index < -0.39 is 0 Å². The second-order valence-electron chi connectivity index (χ2n) is 7.79. The number of carbonyl (C=O) groups excluding carboxylic acids is 2. The Kier molecular flexibility index (Phi) is 7.11. The second-order valence-corrected chi connectivity index (χ2v) is 9.08. The number of nitrogens with zero attached hydrogens (tertiary/aromatic N) is 1. The molecule has 7 heteroatoms. The summed E-state index contributed by atoms with van der Waals surface area (Å²) in [7, 11) is 0. The quantitative estimate of drug-likeness (QED) is 0.819. The van der Waals surface area contributed by atoms with Crippen LogP contribution in [-0.4, -0.2) is 41.4 Å². The molecule has 26 heavy (non-hydrogen) atoms. The molecule has 146 valence electrons. The fourth-order valence-corrected chi connectivity index (χ4v) is 4.81. The van der Waals surface area contributed by atoms with Gasteiger partial charge in [-0.2, -0.15) is 0 Å². The van der Waals surface area contributed by atoms with Gasteiger partial charge in [0, 0.05) is 29.5 Å². The maximum absolute atomic E-state index is 12.9. The monoisotopic (exact) mass is 399 g/mol. The first-order valence-corrected chi connectivity index (χ1v) is 10.1. The summed E-state index contributed by atoms with van der Waals surface area (Å²) in [6.45, 7) is 5.44. The van der Waals surface area contributed by atoms with Gasteiger partial charge in [-0.05, 0) is 51.7 Å². The molecule has 2 aliphatic rings. The summed E-state index contributed by atoms with van der Waals surface area (Å²) < 4.78 is 0. The number of hydrogen-bond donors (Lipinski definition) is 2. The van der Waals surface area contributed by atoms with Gasteiger partial charge in [0.2, 0.25) is 5.91 Å². The van der Waals surface area contributed by atoms with Crippen molar-refractivity contribution in [2.45, 2.75) is 64.0 Å². The van der Waals surface area contributed by atoms with Crippen LogP contribution >= 0.6 is 23.7 Å². The van der Waals surface area contributed by atoms with Crippen LogP contribution in [0.25, 0.3) is 0 Å². The van der Waals surface area contributed by atoms with E-state index in [9.17, 15) is 9.59 Å². The van der Waals surface area contributed by atoms with E-state index in [-0.39, 0.29) is 41.7 Å². The lowest BCUT2D eigenvalue weighted by molar-refractivity contribution is -0.140. The number of hydrogen-bond acceptors (Lipinski definition) is 4. The molecule has 2 amide bonds. The number of thiophene rings is 1. The number of nitrogens with one attached hydrogen (secondary N) is 1. The summed E-state index contributed by atoms with van der Waals surface area (Å²) in [5.41, 5.74) is 6.01. The first-order chi connectivity index (χ1) is 11.9. The molecule has 0 spiro atoms. The van der Waals surface area contributed by atoms with Crippen molar-refractivity contribution < 1.29 is 9.59 Å². The third-order valence-corrected chi connectivity index (χ3v) is 6.66. The van der Waals surface area contributed by atoms with Crippen molar-refractivity contribution >= 4 is 35.6 Å². The average molecular weight is 400 g/mol. The van der Waals surface area contributed by atoms with Crippen LogP contribution < -0.4 is 11.1 Å². The summed E-state index contributed by atoms with van der Waals surface area (Å²) in [5, 5.41) is 3.11. The van der Waals surface area contributed by atoms with E-state index in [0.717, 1.165) is 48.3 Å². The lowest BCUT2D eigenvalue weighted by Crippen LogP contribution is -2.56. The van der Waals surface area contributed by atoms with E-state index in [0.29, 0.717) is 13.1 Å². The summed E-state index contributed by atoms with van der Waals surface area (Å²) in [6, 6.07) is 3.99. The minimum Gasteiger partial charge on any atom is -0.348 e. The molecule has 1 aliphatic carbocycles. The van der Waals surface area contributed by atoms with Gasteiger partial charge in [-0.25, -0.2) is 0 Å². The molecular formula is C19H30ClN3O2S. The number of carbonyl (C=O) groups is 2. The van der Waals surface area contributed by atoms with E-state index in [1.165, 1.54) is 11.3 Å². The van der Waals surface area contributed by atoms with Gasteiger partial charge in [0.1, 0.15) is 0 Å². The van der Waals surface area contributed by atoms with Gasteiger partial charge >= 0.3 is 0 Å². The molecule has 2 unspecified atom stereocenters. The smallest absolute Gasteiger partial charge is 0.261 e. The zero-order chi connectivity index (χ0) is 18.0. The summed E-state index contributed by atoms with van der Waals surface area (Å²) in [5.74, 6) is 0.162. The van der Waals surface area contributed by atoms with Gasteiger partial charge in [-0.15, -0.1) is 23.7 Å². The predicted octanol–water partition coefficient (Wildman–Crippen LogP) is 3.11. The number of rotatable bonds is 3. The Labute approximate surface area is 166 Å². The van der Waals surface area contributed by atoms with Gasteiger partial charge in [-0.3, -0.25) is 9.59 Å². The van der Waals surface area contributed by atoms with E-state index in [4.69, 9.17) is 5.73 Å². The number of aryl methyl sites for hydroxylation is 1. The van der Waals surface area contributed by atoms with E-state index >= 15 is 0 Å². The van der Waals surface area contributed by atoms with Crippen molar-refractivity contribution in [2.75, 3.05) is 13.1 Å². The van der Waals surface area contributed by atoms with Crippen LogP contribution in [0.3, 0.4) is 0 Å². The first kappa shape index (κ1) is 21.2. The molecule has 1 aromatic heterocycles. The molecule has 2 fully saturated rings. The minimum absolute atomic E-state index is 0. The normalized spacial score (nSPS) is 26.9. The third-order valence-electron chi connectivity index (χ3n) is 5.66. The first-order valence-electron chi connectivity index (χ1n) is 9.32. The number of nitrogens with two attached hydrogens (primary N) is 1. The summed E-state index contributed by atoms with van der Waals surface area (Å²) in [4.78, 5) is 29.0. The number of halogens is 1. The standard InChI is InChI=1S/C19H29N3O2S.ClH/c1-13-6-7-16(25-13)17(23)21-14-8-11-22(12-9-14)18(24)15-5-3-4-10-19(15,2)20;/h6-7,14-15H,3-5,8-12,20H2,1-2H3,(H,21,23);1H. The van der Waals surface area contributed by atoms with Crippen LogP contribution in [0.2, 0.25) is 0 Å². The molecule has 3 rings (SSSR count). The predicted molar refractivity (Wildman–Crippen MR) is 108 cm³/mol. The van der Waals surface area contributed by atoms with Crippen LogP contribution in [0.4, 0.5) is 0 Å². The minimum atomic E-state index is -0.378. The molecule has 1 aromatic rings. The van der Waals surface area contributed by atoms with Gasteiger partial charge in [0.05, 0.1) is 10.8 Å². The topological polar surface area (TPSA) is 75.4 Å². The molecule has 1 saturated heterocycles. The molecule has 0 radical (unpaired) electrons. The van der Waals surface area contributed by atoms with Gasteiger partial charge in [0.15, 0.2) is 0 Å². The number of amides is 2.